The molecule has 116 valence electrons. The van der Waals surface area contributed by atoms with Crippen molar-refractivity contribution >= 4 is 0 Å². The first-order valence-corrected chi connectivity index (χ1v) is 8.07. The topological polar surface area (TPSA) is 47.7 Å². The lowest BCUT2D eigenvalue weighted by Gasteiger charge is -2.37. The minimum absolute atomic E-state index is 0.0236. The second-order valence-electron chi connectivity index (χ2n) is 6.01. The standard InChI is InChI=1S/C17H26N2O2/c1-2-19-8-10-21-17(12-19)15(18)11-16-14-6-4-3-5-13(14)7-9-20-16/h3-6,15-17H,2,7-12,18H2,1H3. The van der Waals surface area contributed by atoms with E-state index in [0.29, 0.717) is 0 Å². The summed E-state index contributed by atoms with van der Waals surface area (Å²) in [5, 5.41) is 0. The zero-order valence-corrected chi connectivity index (χ0v) is 12.8. The second-order valence-corrected chi connectivity index (χ2v) is 6.01. The number of rotatable bonds is 4. The largest absolute Gasteiger partial charge is 0.374 e. The summed E-state index contributed by atoms with van der Waals surface area (Å²) in [6.45, 7) is 6.79. The number of fused-ring (bicyclic) bond motifs is 1. The summed E-state index contributed by atoms with van der Waals surface area (Å²) in [5.74, 6) is 0. The van der Waals surface area contributed by atoms with E-state index in [0.717, 1.165) is 45.7 Å². The van der Waals surface area contributed by atoms with E-state index in [1.807, 2.05) is 0 Å². The summed E-state index contributed by atoms with van der Waals surface area (Å²) in [6.07, 6.45) is 2.08. The number of benzene rings is 1. The van der Waals surface area contributed by atoms with Crippen LogP contribution in [-0.4, -0.2) is 49.9 Å². The van der Waals surface area contributed by atoms with E-state index in [1.165, 1.54) is 11.1 Å². The molecule has 0 saturated carbocycles. The number of morpholine rings is 1. The van der Waals surface area contributed by atoms with E-state index >= 15 is 0 Å². The number of hydrogen-bond acceptors (Lipinski definition) is 4. The average molecular weight is 290 g/mol. The Morgan fingerprint density at radius 1 is 1.29 bits per heavy atom. The van der Waals surface area contributed by atoms with Gasteiger partial charge in [-0.2, -0.15) is 0 Å². The lowest BCUT2D eigenvalue weighted by Crippen LogP contribution is -2.51. The summed E-state index contributed by atoms with van der Waals surface area (Å²) < 4.78 is 11.8. The van der Waals surface area contributed by atoms with Gasteiger partial charge in [0, 0.05) is 19.1 Å². The Hall–Kier alpha value is -0.940. The predicted molar refractivity (Wildman–Crippen MR) is 83.3 cm³/mol. The molecule has 3 rings (SSSR count). The fourth-order valence-corrected chi connectivity index (χ4v) is 3.35. The molecule has 0 aromatic heterocycles. The highest BCUT2D eigenvalue weighted by Crippen LogP contribution is 2.31. The minimum Gasteiger partial charge on any atom is -0.374 e. The van der Waals surface area contributed by atoms with Crippen molar-refractivity contribution in [2.45, 2.75) is 38.0 Å². The Kier molecular flexibility index (Phi) is 4.91. The van der Waals surface area contributed by atoms with E-state index in [-0.39, 0.29) is 18.2 Å². The molecule has 0 spiro atoms. The summed E-state index contributed by atoms with van der Waals surface area (Å²) >= 11 is 0. The fourth-order valence-electron chi connectivity index (χ4n) is 3.35. The normalized spacial score (nSPS) is 28.1. The van der Waals surface area contributed by atoms with E-state index in [2.05, 4.69) is 36.1 Å². The molecule has 1 saturated heterocycles. The SMILES string of the molecule is CCN1CCOC(C(N)CC2OCCc3ccccc32)C1. The molecule has 2 aliphatic heterocycles. The molecule has 21 heavy (non-hydrogen) atoms. The van der Waals surface area contributed by atoms with Crippen LogP contribution in [0.4, 0.5) is 0 Å². The van der Waals surface area contributed by atoms with Crippen molar-refractivity contribution in [3.63, 3.8) is 0 Å². The summed E-state index contributed by atoms with van der Waals surface area (Å²) in [7, 11) is 0. The molecule has 1 aromatic carbocycles. The molecule has 0 amide bonds. The molecule has 3 unspecified atom stereocenters. The summed E-state index contributed by atoms with van der Waals surface area (Å²) in [6, 6.07) is 8.58. The second kappa shape index (κ2) is 6.88. The highest BCUT2D eigenvalue weighted by Gasteiger charge is 2.29. The maximum atomic E-state index is 6.42. The Labute approximate surface area is 127 Å². The third-order valence-electron chi connectivity index (χ3n) is 4.68. The van der Waals surface area contributed by atoms with Gasteiger partial charge in [-0.1, -0.05) is 31.2 Å². The summed E-state index contributed by atoms with van der Waals surface area (Å²) in [4.78, 5) is 2.41. The molecule has 0 radical (unpaired) electrons. The van der Waals surface area contributed by atoms with Crippen LogP contribution in [-0.2, 0) is 15.9 Å². The quantitative estimate of drug-likeness (QED) is 0.917. The lowest BCUT2D eigenvalue weighted by atomic mass is 9.92. The van der Waals surface area contributed by atoms with E-state index < -0.39 is 0 Å². The lowest BCUT2D eigenvalue weighted by molar-refractivity contribution is -0.0524. The number of hydrogen-bond donors (Lipinski definition) is 1. The van der Waals surface area contributed by atoms with Crippen LogP contribution in [0.1, 0.15) is 30.6 Å². The van der Waals surface area contributed by atoms with Gasteiger partial charge in [0.05, 0.1) is 25.4 Å². The van der Waals surface area contributed by atoms with Crippen LogP contribution >= 0.6 is 0 Å². The van der Waals surface area contributed by atoms with Gasteiger partial charge in [0.15, 0.2) is 0 Å². The highest BCUT2D eigenvalue weighted by molar-refractivity contribution is 5.31. The zero-order valence-electron chi connectivity index (χ0n) is 12.8. The van der Waals surface area contributed by atoms with Gasteiger partial charge in [0.25, 0.3) is 0 Å². The van der Waals surface area contributed by atoms with Gasteiger partial charge in [-0.25, -0.2) is 0 Å². The van der Waals surface area contributed by atoms with Crippen LogP contribution in [0.3, 0.4) is 0 Å². The molecule has 0 aliphatic carbocycles. The number of ether oxygens (including phenoxy) is 2. The van der Waals surface area contributed by atoms with Gasteiger partial charge in [-0.3, -0.25) is 4.90 Å². The van der Waals surface area contributed by atoms with E-state index in [1.54, 1.807) is 0 Å². The Morgan fingerprint density at radius 3 is 3.00 bits per heavy atom. The van der Waals surface area contributed by atoms with Crippen molar-refractivity contribution in [3.05, 3.63) is 35.4 Å². The highest BCUT2D eigenvalue weighted by atomic mass is 16.5. The van der Waals surface area contributed by atoms with E-state index in [9.17, 15) is 0 Å². The average Bonchev–Trinajstić information content (AvgIpc) is 2.55. The van der Waals surface area contributed by atoms with Gasteiger partial charge in [-0.15, -0.1) is 0 Å². The van der Waals surface area contributed by atoms with Gasteiger partial charge >= 0.3 is 0 Å². The molecular formula is C17H26N2O2. The molecule has 2 N–H and O–H groups in total. The third kappa shape index (κ3) is 3.46. The third-order valence-corrected chi connectivity index (χ3v) is 4.68. The Balaban J connectivity index is 1.64. The summed E-state index contributed by atoms with van der Waals surface area (Å²) in [5.41, 5.74) is 9.13. The fraction of sp³-hybridized carbons (Fsp3) is 0.647. The molecule has 1 aromatic rings. The number of likely N-dealkylation sites (N-methyl/N-ethyl adjacent to an activating group) is 1. The predicted octanol–water partition coefficient (Wildman–Crippen LogP) is 1.74. The first kappa shape index (κ1) is 15.0. The van der Waals surface area contributed by atoms with Crippen LogP contribution in [0, 0.1) is 0 Å². The molecular weight excluding hydrogens is 264 g/mol. The van der Waals surface area contributed by atoms with Crippen molar-refractivity contribution in [3.8, 4) is 0 Å². The van der Waals surface area contributed by atoms with Crippen molar-refractivity contribution in [2.24, 2.45) is 5.73 Å². The van der Waals surface area contributed by atoms with Crippen LogP contribution in [0.15, 0.2) is 24.3 Å². The van der Waals surface area contributed by atoms with Gasteiger partial charge in [0.1, 0.15) is 0 Å². The molecule has 1 fully saturated rings. The van der Waals surface area contributed by atoms with Crippen molar-refractivity contribution < 1.29 is 9.47 Å². The molecule has 4 heteroatoms. The minimum atomic E-state index is 0.0236. The van der Waals surface area contributed by atoms with Gasteiger partial charge < -0.3 is 15.2 Å². The molecule has 0 bridgehead atoms. The molecule has 4 nitrogen and oxygen atoms in total. The van der Waals surface area contributed by atoms with Crippen molar-refractivity contribution in [1.29, 1.82) is 0 Å². The first-order chi connectivity index (χ1) is 10.3. The van der Waals surface area contributed by atoms with Crippen LogP contribution in [0.2, 0.25) is 0 Å². The number of nitrogens with zero attached hydrogens (tertiary/aromatic N) is 1. The first-order valence-electron chi connectivity index (χ1n) is 8.07. The Bertz CT molecular complexity index is 466. The van der Waals surface area contributed by atoms with Gasteiger partial charge in [0.2, 0.25) is 0 Å². The smallest absolute Gasteiger partial charge is 0.0854 e. The molecule has 2 aliphatic rings. The van der Waals surface area contributed by atoms with Crippen LogP contribution in [0.25, 0.3) is 0 Å². The van der Waals surface area contributed by atoms with Crippen LogP contribution < -0.4 is 5.73 Å². The monoisotopic (exact) mass is 290 g/mol. The zero-order chi connectivity index (χ0) is 14.7. The maximum Gasteiger partial charge on any atom is 0.0854 e. The van der Waals surface area contributed by atoms with Crippen molar-refractivity contribution in [2.75, 3.05) is 32.8 Å². The number of nitrogens with two attached hydrogens (primary N) is 1. The van der Waals surface area contributed by atoms with Crippen molar-refractivity contribution in [1.82, 2.24) is 4.90 Å². The van der Waals surface area contributed by atoms with Crippen LogP contribution in [0.5, 0.6) is 0 Å². The van der Waals surface area contributed by atoms with Gasteiger partial charge in [-0.05, 0) is 30.5 Å². The molecule has 2 heterocycles. The molecule has 3 atom stereocenters. The Morgan fingerprint density at radius 2 is 2.14 bits per heavy atom. The maximum absolute atomic E-state index is 6.42. The van der Waals surface area contributed by atoms with E-state index in [4.69, 9.17) is 15.2 Å².